The second-order valence-corrected chi connectivity index (χ2v) is 7.37. The molecule has 1 aliphatic rings. The Balaban J connectivity index is 2.47. The molecule has 5 nitrogen and oxygen atoms in total. The molecule has 1 aliphatic heterocycles. The second-order valence-electron chi connectivity index (χ2n) is 4.24. The van der Waals surface area contributed by atoms with Gasteiger partial charge in [0, 0.05) is 18.1 Å². The van der Waals surface area contributed by atoms with Crippen LogP contribution in [0.1, 0.15) is 6.42 Å². The van der Waals surface area contributed by atoms with Gasteiger partial charge in [0.05, 0.1) is 16.6 Å². The van der Waals surface area contributed by atoms with Gasteiger partial charge >= 0.3 is 0 Å². The molecule has 110 valence electrons. The Labute approximate surface area is 131 Å². The number of hydrogen-bond acceptors (Lipinski definition) is 3. The minimum atomic E-state index is -3.95. The molecule has 2 rings (SSSR count). The smallest absolute Gasteiger partial charge is 0.246 e. The summed E-state index contributed by atoms with van der Waals surface area (Å²) in [6.45, 7) is 0.404. The maximum absolute atomic E-state index is 12.6. The van der Waals surface area contributed by atoms with Gasteiger partial charge in [0.1, 0.15) is 4.90 Å². The van der Waals surface area contributed by atoms with Crippen molar-refractivity contribution in [1.29, 1.82) is 0 Å². The van der Waals surface area contributed by atoms with Crippen LogP contribution in [0.2, 0.25) is 15.1 Å². The number of carbonyl (C=O) groups is 1. The standard InChI is InChI=1S/C11H11Cl3N2O3S/c12-7-4-8(13)11(9(14)5-7)20(18,19)16-3-1-2-15-10(17)6-16/h4-5H,1-3,6H2,(H,15,17). The van der Waals surface area contributed by atoms with E-state index in [1.165, 1.54) is 12.1 Å². The highest BCUT2D eigenvalue weighted by Gasteiger charge is 2.31. The highest BCUT2D eigenvalue weighted by molar-refractivity contribution is 7.89. The Kier molecular flexibility index (Phi) is 4.81. The molecule has 1 aromatic rings. The SMILES string of the molecule is O=C1CN(S(=O)(=O)c2c(Cl)cc(Cl)cc2Cl)CCCN1. The van der Waals surface area contributed by atoms with Gasteiger partial charge in [-0.15, -0.1) is 0 Å². The lowest BCUT2D eigenvalue weighted by Crippen LogP contribution is -2.37. The number of halogens is 3. The average Bonchev–Trinajstić information content (AvgIpc) is 2.52. The van der Waals surface area contributed by atoms with E-state index in [9.17, 15) is 13.2 Å². The van der Waals surface area contributed by atoms with Crippen LogP contribution >= 0.6 is 34.8 Å². The summed E-state index contributed by atoms with van der Waals surface area (Å²) in [5, 5.41) is 2.72. The van der Waals surface area contributed by atoms with Crippen LogP contribution in [0.4, 0.5) is 0 Å². The van der Waals surface area contributed by atoms with Crippen LogP contribution in [0.5, 0.6) is 0 Å². The van der Waals surface area contributed by atoms with Crippen molar-refractivity contribution in [3.05, 3.63) is 27.2 Å². The monoisotopic (exact) mass is 356 g/mol. The third-order valence-electron chi connectivity index (χ3n) is 2.79. The highest BCUT2D eigenvalue weighted by atomic mass is 35.5. The summed E-state index contributed by atoms with van der Waals surface area (Å²) >= 11 is 17.6. The fourth-order valence-corrected chi connectivity index (χ4v) is 4.82. The zero-order valence-corrected chi connectivity index (χ0v) is 13.3. The van der Waals surface area contributed by atoms with E-state index in [2.05, 4.69) is 5.32 Å². The molecule has 0 saturated carbocycles. The molecule has 0 radical (unpaired) electrons. The molecule has 0 unspecified atom stereocenters. The zero-order chi connectivity index (χ0) is 14.9. The second kappa shape index (κ2) is 6.07. The van der Waals surface area contributed by atoms with E-state index in [0.717, 1.165) is 4.31 Å². The minimum Gasteiger partial charge on any atom is -0.355 e. The Bertz CT molecular complexity index is 625. The summed E-state index contributed by atoms with van der Waals surface area (Å²) < 4.78 is 26.2. The van der Waals surface area contributed by atoms with E-state index in [-0.39, 0.29) is 39.0 Å². The lowest BCUT2D eigenvalue weighted by Gasteiger charge is -2.20. The van der Waals surface area contributed by atoms with Crippen LogP contribution in [0.15, 0.2) is 17.0 Å². The van der Waals surface area contributed by atoms with Crippen molar-refractivity contribution in [1.82, 2.24) is 9.62 Å². The molecule has 1 saturated heterocycles. The summed E-state index contributed by atoms with van der Waals surface area (Å²) in [4.78, 5) is 11.3. The average molecular weight is 358 g/mol. The molecule has 0 bridgehead atoms. The van der Waals surface area contributed by atoms with Gasteiger partial charge in [-0.1, -0.05) is 34.8 Å². The molecule has 1 fully saturated rings. The van der Waals surface area contributed by atoms with E-state index in [1.54, 1.807) is 0 Å². The Morgan fingerprint density at radius 2 is 1.75 bits per heavy atom. The molecule has 9 heteroatoms. The van der Waals surface area contributed by atoms with Crippen molar-refractivity contribution in [2.24, 2.45) is 0 Å². The van der Waals surface area contributed by atoms with E-state index >= 15 is 0 Å². The Morgan fingerprint density at radius 3 is 2.35 bits per heavy atom. The molecule has 0 atom stereocenters. The maximum atomic E-state index is 12.6. The summed E-state index contributed by atoms with van der Waals surface area (Å²) in [6, 6.07) is 2.61. The van der Waals surface area contributed by atoms with E-state index in [1.807, 2.05) is 0 Å². The molecule has 20 heavy (non-hydrogen) atoms. The molecule has 1 amide bonds. The number of nitrogens with zero attached hydrogens (tertiary/aromatic N) is 1. The van der Waals surface area contributed by atoms with Gasteiger partial charge in [0.2, 0.25) is 15.9 Å². The molecular weight excluding hydrogens is 347 g/mol. The zero-order valence-electron chi connectivity index (χ0n) is 10.2. The third-order valence-corrected chi connectivity index (χ3v) is 5.77. The fraction of sp³-hybridized carbons (Fsp3) is 0.364. The first-order valence-electron chi connectivity index (χ1n) is 5.74. The van der Waals surface area contributed by atoms with Gasteiger partial charge in [-0.3, -0.25) is 4.79 Å². The number of nitrogens with one attached hydrogen (secondary N) is 1. The van der Waals surface area contributed by atoms with Crippen molar-refractivity contribution in [2.75, 3.05) is 19.6 Å². The van der Waals surface area contributed by atoms with Gasteiger partial charge in [-0.25, -0.2) is 8.42 Å². The van der Waals surface area contributed by atoms with E-state index in [0.29, 0.717) is 13.0 Å². The summed E-state index contributed by atoms with van der Waals surface area (Å²) in [5.74, 6) is -0.354. The largest absolute Gasteiger partial charge is 0.355 e. The van der Waals surface area contributed by atoms with E-state index < -0.39 is 10.0 Å². The highest BCUT2D eigenvalue weighted by Crippen LogP contribution is 2.34. The van der Waals surface area contributed by atoms with E-state index in [4.69, 9.17) is 34.8 Å². The van der Waals surface area contributed by atoms with Crippen molar-refractivity contribution < 1.29 is 13.2 Å². The number of sulfonamides is 1. The van der Waals surface area contributed by atoms with Gasteiger partial charge in [-0.2, -0.15) is 4.31 Å². The molecule has 0 aromatic heterocycles. The van der Waals surface area contributed by atoms with Crippen LogP contribution in [0.25, 0.3) is 0 Å². The molecule has 1 heterocycles. The summed E-state index contributed by atoms with van der Waals surface area (Å²) in [7, 11) is -3.95. The van der Waals surface area contributed by atoms with Gasteiger partial charge < -0.3 is 5.32 Å². The normalized spacial score (nSPS) is 17.6. The van der Waals surface area contributed by atoms with Crippen molar-refractivity contribution in [3.63, 3.8) is 0 Å². The van der Waals surface area contributed by atoms with Gasteiger partial charge in [0.25, 0.3) is 0 Å². The maximum Gasteiger partial charge on any atom is 0.246 e. The lowest BCUT2D eigenvalue weighted by molar-refractivity contribution is -0.120. The predicted molar refractivity (Wildman–Crippen MR) is 77.9 cm³/mol. The topological polar surface area (TPSA) is 66.5 Å². The molecular formula is C11H11Cl3N2O3S. The molecule has 1 aromatic carbocycles. The number of carbonyl (C=O) groups excluding carboxylic acids is 1. The van der Waals surface area contributed by atoms with Crippen molar-refractivity contribution >= 4 is 50.7 Å². The number of benzene rings is 1. The van der Waals surface area contributed by atoms with Crippen LogP contribution in [-0.2, 0) is 14.8 Å². The summed E-state index contributed by atoms with van der Waals surface area (Å²) in [5.41, 5.74) is 0. The van der Waals surface area contributed by atoms with Crippen LogP contribution < -0.4 is 5.32 Å². The number of amides is 1. The minimum absolute atomic E-state index is 0.0628. The summed E-state index contributed by atoms with van der Waals surface area (Å²) in [6.07, 6.45) is 0.522. The Hall–Kier alpha value is -0.530. The molecule has 0 aliphatic carbocycles. The van der Waals surface area contributed by atoms with Crippen LogP contribution in [0, 0.1) is 0 Å². The molecule has 1 N–H and O–H groups in total. The quantitative estimate of drug-likeness (QED) is 0.882. The first kappa shape index (κ1) is 15.9. The van der Waals surface area contributed by atoms with Crippen molar-refractivity contribution in [3.8, 4) is 0 Å². The van der Waals surface area contributed by atoms with Crippen molar-refractivity contribution in [2.45, 2.75) is 11.3 Å². The van der Waals surface area contributed by atoms with Crippen LogP contribution in [-0.4, -0.2) is 38.3 Å². The van der Waals surface area contributed by atoms with Gasteiger partial charge in [-0.05, 0) is 18.6 Å². The van der Waals surface area contributed by atoms with Crippen LogP contribution in [0.3, 0.4) is 0 Å². The Morgan fingerprint density at radius 1 is 1.15 bits per heavy atom. The number of hydrogen-bond donors (Lipinski definition) is 1. The van der Waals surface area contributed by atoms with Gasteiger partial charge in [0.15, 0.2) is 0 Å². The number of rotatable bonds is 2. The fourth-order valence-electron chi connectivity index (χ4n) is 1.89. The third kappa shape index (κ3) is 3.20. The first-order chi connectivity index (χ1) is 9.32. The first-order valence-corrected chi connectivity index (χ1v) is 8.31. The molecule has 0 spiro atoms. The predicted octanol–water partition coefficient (Wildman–Crippen LogP) is 2.16. The lowest BCUT2D eigenvalue weighted by atomic mass is 10.4.